The van der Waals surface area contributed by atoms with Crippen LogP contribution in [0, 0.1) is 6.92 Å². The number of rotatable bonds is 11. The molecule has 0 atom stereocenters. The predicted octanol–water partition coefficient (Wildman–Crippen LogP) is 5.68. The molecule has 0 radical (unpaired) electrons. The number of amides is 1. The Morgan fingerprint density at radius 3 is 2.36 bits per heavy atom. The van der Waals surface area contributed by atoms with Crippen molar-refractivity contribution in [3.05, 3.63) is 107 Å². The number of aromatic hydroxyl groups is 1. The number of benzene rings is 3. The fourth-order valence-electron chi connectivity index (χ4n) is 4.04. The molecule has 0 heterocycles. The van der Waals surface area contributed by atoms with Crippen LogP contribution in [0.5, 0.6) is 11.5 Å². The minimum absolute atomic E-state index is 0.0254. The van der Waals surface area contributed by atoms with E-state index in [0.29, 0.717) is 19.7 Å². The molecule has 1 amide bonds. The summed E-state index contributed by atoms with van der Waals surface area (Å²) in [7, 11) is 3.46. The number of aryl methyl sites for hydroxylation is 1. The summed E-state index contributed by atoms with van der Waals surface area (Å²) < 4.78 is 5.91. The average Bonchev–Trinajstić information content (AvgIpc) is 2.88. The molecule has 5 nitrogen and oxygen atoms in total. The number of phenols is 1. The first-order valence-electron chi connectivity index (χ1n) is 12.3. The van der Waals surface area contributed by atoms with E-state index in [1.54, 1.807) is 26.2 Å². The Morgan fingerprint density at radius 2 is 1.72 bits per heavy atom. The van der Waals surface area contributed by atoms with E-state index in [2.05, 4.69) is 48.6 Å². The first-order chi connectivity index (χ1) is 17.4. The van der Waals surface area contributed by atoms with E-state index >= 15 is 0 Å². The molecule has 0 aliphatic heterocycles. The summed E-state index contributed by atoms with van der Waals surface area (Å²) in [5.74, 6) is 1.05. The van der Waals surface area contributed by atoms with Gasteiger partial charge in [-0.05, 0) is 71.0 Å². The van der Waals surface area contributed by atoms with Gasteiger partial charge in [0.15, 0.2) is 0 Å². The van der Waals surface area contributed by atoms with E-state index < -0.39 is 0 Å². The first-order valence-corrected chi connectivity index (χ1v) is 12.3. The van der Waals surface area contributed by atoms with Gasteiger partial charge in [-0.15, -0.1) is 0 Å². The van der Waals surface area contributed by atoms with Crippen LogP contribution < -0.4 is 10.1 Å². The summed E-state index contributed by atoms with van der Waals surface area (Å²) in [6, 6.07) is 24.2. The second-order valence-electron chi connectivity index (χ2n) is 8.78. The minimum atomic E-state index is -0.0254. The van der Waals surface area contributed by atoms with Gasteiger partial charge in [-0.1, -0.05) is 61.5 Å². The van der Waals surface area contributed by atoms with Gasteiger partial charge < -0.3 is 20.1 Å². The van der Waals surface area contributed by atoms with E-state index in [1.807, 2.05) is 43.3 Å². The van der Waals surface area contributed by atoms with Crippen molar-refractivity contribution in [3.63, 3.8) is 0 Å². The van der Waals surface area contributed by atoms with Gasteiger partial charge in [-0.25, -0.2) is 0 Å². The number of carbonyl (C=O) groups excluding carboxylic acids is 1. The number of ether oxygens (including phenoxy) is 1. The number of allylic oxidation sites excluding steroid dienone is 1. The SMILES string of the molecule is CC/C(=C(/c1ccc(OCCNC/C=C/C(=O)N(C)C)cc1)c1ccc(O)cc1C)c1ccccc1. The highest BCUT2D eigenvalue weighted by Crippen LogP contribution is 2.37. The minimum Gasteiger partial charge on any atom is -0.508 e. The van der Waals surface area contributed by atoms with E-state index in [-0.39, 0.29) is 11.7 Å². The van der Waals surface area contributed by atoms with Gasteiger partial charge in [0.2, 0.25) is 5.91 Å². The zero-order chi connectivity index (χ0) is 25.9. The number of likely N-dealkylation sites (N-methyl/N-ethyl adjacent to an activating group) is 1. The molecule has 3 rings (SSSR count). The molecular weight excluding hydrogens is 448 g/mol. The van der Waals surface area contributed by atoms with Crippen molar-refractivity contribution in [2.24, 2.45) is 0 Å². The summed E-state index contributed by atoms with van der Waals surface area (Å²) in [5, 5.41) is 13.2. The van der Waals surface area contributed by atoms with Crippen LogP contribution in [0.3, 0.4) is 0 Å². The summed E-state index contributed by atoms with van der Waals surface area (Å²) in [6.45, 7) is 6.02. The molecule has 0 fully saturated rings. The molecule has 36 heavy (non-hydrogen) atoms. The van der Waals surface area contributed by atoms with E-state index in [0.717, 1.165) is 34.4 Å². The Balaban J connectivity index is 1.75. The monoisotopic (exact) mass is 484 g/mol. The van der Waals surface area contributed by atoms with Crippen molar-refractivity contribution in [2.45, 2.75) is 20.3 Å². The molecule has 188 valence electrons. The van der Waals surface area contributed by atoms with Crippen molar-refractivity contribution in [2.75, 3.05) is 33.8 Å². The molecular formula is C31H36N2O3. The fraction of sp³-hybridized carbons (Fsp3) is 0.258. The zero-order valence-electron chi connectivity index (χ0n) is 21.6. The summed E-state index contributed by atoms with van der Waals surface area (Å²) in [5.41, 5.74) is 6.84. The van der Waals surface area contributed by atoms with Crippen LogP contribution in [0.25, 0.3) is 11.1 Å². The van der Waals surface area contributed by atoms with Crippen molar-refractivity contribution in [1.29, 1.82) is 0 Å². The maximum absolute atomic E-state index is 11.5. The Labute approximate surface area is 214 Å². The largest absolute Gasteiger partial charge is 0.508 e. The Kier molecular flexibility index (Phi) is 9.90. The van der Waals surface area contributed by atoms with Crippen molar-refractivity contribution < 1.29 is 14.6 Å². The quantitative estimate of drug-likeness (QED) is 0.209. The van der Waals surface area contributed by atoms with Crippen molar-refractivity contribution in [3.8, 4) is 11.5 Å². The number of phenolic OH excluding ortho intramolecular Hbond substituents is 1. The van der Waals surface area contributed by atoms with E-state index in [4.69, 9.17) is 4.74 Å². The average molecular weight is 485 g/mol. The molecule has 0 saturated carbocycles. The Morgan fingerprint density at radius 1 is 1.00 bits per heavy atom. The number of hydrogen-bond donors (Lipinski definition) is 2. The van der Waals surface area contributed by atoms with Crippen molar-refractivity contribution >= 4 is 17.1 Å². The molecule has 0 aromatic heterocycles. The van der Waals surface area contributed by atoms with Gasteiger partial charge in [-0.2, -0.15) is 0 Å². The zero-order valence-corrected chi connectivity index (χ0v) is 21.6. The topological polar surface area (TPSA) is 61.8 Å². The third-order valence-corrected chi connectivity index (χ3v) is 5.91. The molecule has 3 aromatic carbocycles. The van der Waals surface area contributed by atoms with Crippen LogP contribution in [-0.2, 0) is 4.79 Å². The molecule has 5 heteroatoms. The van der Waals surface area contributed by atoms with Gasteiger partial charge >= 0.3 is 0 Å². The van der Waals surface area contributed by atoms with Gasteiger partial charge in [-0.3, -0.25) is 4.79 Å². The maximum atomic E-state index is 11.5. The Bertz CT molecular complexity index is 1200. The summed E-state index contributed by atoms with van der Waals surface area (Å²) >= 11 is 0. The van der Waals surface area contributed by atoms with Crippen LogP contribution in [0.2, 0.25) is 0 Å². The molecule has 0 aliphatic rings. The second kappa shape index (κ2) is 13.3. The normalized spacial score (nSPS) is 11.9. The highest BCUT2D eigenvalue weighted by atomic mass is 16.5. The fourth-order valence-corrected chi connectivity index (χ4v) is 4.04. The maximum Gasteiger partial charge on any atom is 0.245 e. The highest BCUT2D eigenvalue weighted by molar-refractivity contribution is 5.99. The van der Waals surface area contributed by atoms with Crippen LogP contribution in [0.1, 0.15) is 35.6 Å². The molecule has 0 unspecified atom stereocenters. The van der Waals surface area contributed by atoms with Crippen LogP contribution in [0.4, 0.5) is 0 Å². The lowest BCUT2D eigenvalue weighted by Crippen LogP contribution is -2.22. The van der Waals surface area contributed by atoms with Gasteiger partial charge in [0, 0.05) is 33.3 Å². The first kappa shape index (κ1) is 26.8. The van der Waals surface area contributed by atoms with Gasteiger partial charge in [0.25, 0.3) is 0 Å². The number of hydrogen-bond acceptors (Lipinski definition) is 4. The van der Waals surface area contributed by atoms with E-state index in [1.165, 1.54) is 16.0 Å². The molecule has 0 bridgehead atoms. The van der Waals surface area contributed by atoms with Crippen LogP contribution in [0.15, 0.2) is 84.9 Å². The Hall–Kier alpha value is -3.83. The highest BCUT2D eigenvalue weighted by Gasteiger charge is 2.15. The number of carbonyl (C=O) groups is 1. The summed E-state index contributed by atoms with van der Waals surface area (Å²) in [4.78, 5) is 13.1. The van der Waals surface area contributed by atoms with E-state index in [9.17, 15) is 9.90 Å². The van der Waals surface area contributed by atoms with Crippen LogP contribution >= 0.6 is 0 Å². The number of nitrogens with one attached hydrogen (secondary N) is 1. The third-order valence-electron chi connectivity index (χ3n) is 5.91. The van der Waals surface area contributed by atoms with Gasteiger partial charge in [0.1, 0.15) is 18.1 Å². The lowest BCUT2D eigenvalue weighted by molar-refractivity contribution is -0.123. The predicted molar refractivity (Wildman–Crippen MR) is 148 cm³/mol. The van der Waals surface area contributed by atoms with Crippen molar-refractivity contribution in [1.82, 2.24) is 10.2 Å². The number of nitrogens with zero attached hydrogens (tertiary/aromatic N) is 1. The smallest absolute Gasteiger partial charge is 0.245 e. The summed E-state index contributed by atoms with van der Waals surface area (Å²) in [6.07, 6.45) is 4.25. The van der Waals surface area contributed by atoms with Gasteiger partial charge in [0.05, 0.1) is 0 Å². The lowest BCUT2D eigenvalue weighted by atomic mass is 9.86. The molecule has 3 aromatic rings. The third kappa shape index (κ3) is 7.33. The molecule has 0 saturated heterocycles. The molecule has 0 spiro atoms. The molecule has 2 N–H and O–H groups in total. The molecule has 0 aliphatic carbocycles. The van der Waals surface area contributed by atoms with Crippen LogP contribution in [-0.4, -0.2) is 49.7 Å². The standard InChI is InChI=1S/C31H36N2O3/c1-5-28(24-10-7-6-8-11-24)31(29-18-15-26(34)22-23(29)2)25-13-16-27(17-14-25)36-21-20-32-19-9-12-30(35)33(3)4/h6-18,22,32,34H,5,19-21H2,1-4H3/b12-9+,31-28+. The second-order valence-corrected chi connectivity index (χ2v) is 8.78. The lowest BCUT2D eigenvalue weighted by Gasteiger charge is -2.18.